The maximum Gasteiger partial charge on any atom is 0.458 e. The summed E-state index contributed by atoms with van der Waals surface area (Å²) in [5, 5.41) is 0. The number of halogens is 5. The Morgan fingerprint density at radius 2 is 1.65 bits per heavy atom. The van der Waals surface area contributed by atoms with Crippen molar-refractivity contribution in [2.75, 3.05) is 0 Å². The minimum absolute atomic E-state index is 0.0226. The Morgan fingerprint density at radius 1 is 0.962 bits per heavy atom. The van der Waals surface area contributed by atoms with Gasteiger partial charge in [0, 0.05) is 28.3 Å². The van der Waals surface area contributed by atoms with E-state index < -0.39 is 23.1 Å². The first kappa shape index (κ1) is 18.2. The molecule has 136 valence electrons. The third-order valence-electron chi connectivity index (χ3n) is 4.30. The highest BCUT2D eigenvalue weighted by Crippen LogP contribution is 2.46. The van der Waals surface area contributed by atoms with Crippen molar-refractivity contribution in [1.29, 1.82) is 0 Å². The Kier molecular flexibility index (Phi) is 4.01. The summed E-state index contributed by atoms with van der Waals surface area (Å²) in [6.07, 6.45) is -2.70. The van der Waals surface area contributed by atoms with Gasteiger partial charge in [-0.15, -0.1) is 0 Å². The molecular formula is C19H14F5NO. The summed E-state index contributed by atoms with van der Waals surface area (Å²) in [6, 6.07) is 7.34. The minimum atomic E-state index is -5.73. The van der Waals surface area contributed by atoms with Crippen LogP contribution in [0.3, 0.4) is 0 Å². The molecule has 1 aromatic heterocycles. The molecule has 0 aliphatic heterocycles. The van der Waals surface area contributed by atoms with Crippen molar-refractivity contribution in [1.82, 2.24) is 4.98 Å². The van der Waals surface area contributed by atoms with Gasteiger partial charge in [-0.1, -0.05) is 24.3 Å². The standard InChI is InChI=1S/C19H14F5NO/c1-17(2)10-14(15-5-3-4-8-25-15)13-9-11(6-7-12(13)16(17)26)18(20,21)19(22,23)24/h3-10H,1-2H3. The number of ketones is 1. The number of alkyl halides is 5. The number of nitrogens with zero attached hydrogens (tertiary/aromatic N) is 1. The van der Waals surface area contributed by atoms with Gasteiger partial charge in [-0.05, 0) is 37.6 Å². The molecule has 0 unspecified atom stereocenters. The highest BCUT2D eigenvalue weighted by Gasteiger charge is 2.59. The molecule has 0 atom stereocenters. The number of allylic oxidation sites excluding steroid dienone is 1. The van der Waals surface area contributed by atoms with Crippen molar-refractivity contribution in [2.45, 2.75) is 25.9 Å². The van der Waals surface area contributed by atoms with Crippen LogP contribution < -0.4 is 0 Å². The Bertz CT molecular complexity index is 898. The van der Waals surface area contributed by atoms with Crippen LogP contribution in [0.1, 0.15) is 41.0 Å². The molecule has 0 spiro atoms. The lowest BCUT2D eigenvalue weighted by Gasteiger charge is -2.29. The SMILES string of the molecule is CC1(C)C=C(c2ccccn2)c2cc(C(F)(F)C(F)(F)F)ccc2C1=O. The zero-order valence-corrected chi connectivity index (χ0v) is 13.9. The second-order valence-corrected chi connectivity index (χ2v) is 6.66. The number of benzene rings is 1. The number of carbonyl (C=O) groups is 1. The van der Waals surface area contributed by atoms with Gasteiger partial charge in [-0.2, -0.15) is 22.0 Å². The molecule has 0 bridgehead atoms. The number of carbonyl (C=O) groups excluding carboxylic acids is 1. The maximum absolute atomic E-state index is 13.8. The van der Waals surface area contributed by atoms with E-state index in [1.54, 1.807) is 38.1 Å². The second kappa shape index (κ2) is 5.72. The van der Waals surface area contributed by atoms with Crippen molar-refractivity contribution in [2.24, 2.45) is 5.41 Å². The Hall–Kier alpha value is -2.57. The zero-order chi connectivity index (χ0) is 19.3. The molecule has 0 N–H and O–H groups in total. The smallest absolute Gasteiger partial charge is 0.293 e. The first-order valence-electron chi connectivity index (χ1n) is 7.73. The minimum Gasteiger partial charge on any atom is -0.293 e. The van der Waals surface area contributed by atoms with Gasteiger partial charge in [0.1, 0.15) is 0 Å². The van der Waals surface area contributed by atoms with Crippen molar-refractivity contribution < 1.29 is 26.7 Å². The quantitative estimate of drug-likeness (QED) is 0.666. The number of pyridine rings is 1. The number of hydrogen-bond donors (Lipinski definition) is 0. The van der Waals surface area contributed by atoms with Gasteiger partial charge in [0.15, 0.2) is 5.78 Å². The Morgan fingerprint density at radius 3 is 2.23 bits per heavy atom. The van der Waals surface area contributed by atoms with Crippen LogP contribution in [-0.4, -0.2) is 16.9 Å². The number of rotatable bonds is 2. The van der Waals surface area contributed by atoms with Crippen molar-refractivity contribution in [3.05, 3.63) is 71.1 Å². The summed E-state index contributed by atoms with van der Waals surface area (Å²) in [5.74, 6) is -5.37. The lowest BCUT2D eigenvalue weighted by molar-refractivity contribution is -0.289. The predicted molar refractivity (Wildman–Crippen MR) is 85.8 cm³/mol. The number of fused-ring (bicyclic) bond motifs is 1. The lowest BCUT2D eigenvalue weighted by Crippen LogP contribution is -2.34. The summed E-state index contributed by atoms with van der Waals surface area (Å²) in [6.45, 7) is 3.30. The molecule has 1 aliphatic rings. The molecule has 1 aliphatic carbocycles. The van der Waals surface area contributed by atoms with E-state index >= 15 is 0 Å². The third-order valence-corrected chi connectivity index (χ3v) is 4.30. The summed E-state index contributed by atoms with van der Waals surface area (Å²) in [4.78, 5) is 16.7. The maximum atomic E-state index is 13.8. The molecule has 0 radical (unpaired) electrons. The average Bonchev–Trinajstić information content (AvgIpc) is 2.57. The molecule has 2 nitrogen and oxygen atoms in total. The van der Waals surface area contributed by atoms with Crippen LogP contribution >= 0.6 is 0 Å². The molecular weight excluding hydrogens is 353 g/mol. The summed E-state index contributed by atoms with van der Waals surface area (Å²) >= 11 is 0. The molecule has 26 heavy (non-hydrogen) atoms. The topological polar surface area (TPSA) is 30.0 Å². The Labute approximate surface area is 146 Å². The van der Waals surface area contributed by atoms with Crippen LogP contribution in [0.4, 0.5) is 22.0 Å². The summed E-state index contributed by atoms with van der Waals surface area (Å²) in [7, 11) is 0. The molecule has 0 fully saturated rings. The van der Waals surface area contributed by atoms with Gasteiger partial charge in [0.05, 0.1) is 5.69 Å². The zero-order valence-electron chi connectivity index (χ0n) is 13.9. The van der Waals surface area contributed by atoms with E-state index in [4.69, 9.17) is 0 Å². The molecule has 1 aromatic carbocycles. The van der Waals surface area contributed by atoms with Crippen molar-refractivity contribution in [3.8, 4) is 0 Å². The van der Waals surface area contributed by atoms with Crippen LogP contribution in [0, 0.1) is 5.41 Å². The molecule has 2 aromatic rings. The van der Waals surface area contributed by atoms with Gasteiger partial charge < -0.3 is 0 Å². The highest BCUT2D eigenvalue weighted by molar-refractivity contribution is 6.10. The van der Waals surface area contributed by atoms with E-state index in [1.165, 1.54) is 6.20 Å². The lowest BCUT2D eigenvalue weighted by atomic mass is 9.73. The first-order chi connectivity index (χ1) is 11.9. The average molecular weight is 367 g/mol. The predicted octanol–water partition coefficient (Wildman–Crippen LogP) is 5.39. The van der Waals surface area contributed by atoms with E-state index in [-0.39, 0.29) is 16.9 Å². The summed E-state index contributed by atoms with van der Waals surface area (Å²) in [5.41, 5.74) is -1.28. The second-order valence-electron chi connectivity index (χ2n) is 6.66. The van der Waals surface area contributed by atoms with Crippen LogP contribution in [-0.2, 0) is 5.92 Å². The van der Waals surface area contributed by atoms with Gasteiger partial charge in [0.2, 0.25) is 0 Å². The van der Waals surface area contributed by atoms with E-state index in [1.807, 2.05) is 0 Å². The Balaban J connectivity index is 2.25. The number of Topliss-reactive ketones (excluding diaryl/α,β-unsaturated/α-hetero) is 1. The molecule has 0 saturated heterocycles. The normalized spacial score (nSPS) is 16.9. The summed E-state index contributed by atoms with van der Waals surface area (Å²) < 4.78 is 65.7. The van der Waals surface area contributed by atoms with Crippen LogP contribution in [0.5, 0.6) is 0 Å². The molecule has 3 rings (SSSR count). The fourth-order valence-corrected chi connectivity index (χ4v) is 2.91. The number of aromatic nitrogens is 1. The van der Waals surface area contributed by atoms with Crippen LogP contribution in [0.25, 0.3) is 5.57 Å². The third kappa shape index (κ3) is 2.81. The van der Waals surface area contributed by atoms with Gasteiger partial charge in [-0.3, -0.25) is 9.78 Å². The van der Waals surface area contributed by atoms with Crippen molar-refractivity contribution in [3.63, 3.8) is 0 Å². The fourth-order valence-electron chi connectivity index (χ4n) is 2.91. The van der Waals surface area contributed by atoms with Crippen LogP contribution in [0.2, 0.25) is 0 Å². The molecule has 0 saturated carbocycles. The van der Waals surface area contributed by atoms with E-state index in [2.05, 4.69) is 4.98 Å². The van der Waals surface area contributed by atoms with Gasteiger partial charge in [-0.25, -0.2) is 0 Å². The van der Waals surface area contributed by atoms with Gasteiger partial charge >= 0.3 is 12.1 Å². The van der Waals surface area contributed by atoms with E-state index in [0.29, 0.717) is 17.3 Å². The molecule has 0 amide bonds. The number of hydrogen-bond acceptors (Lipinski definition) is 2. The largest absolute Gasteiger partial charge is 0.458 e. The molecule has 7 heteroatoms. The highest BCUT2D eigenvalue weighted by atomic mass is 19.4. The first-order valence-corrected chi connectivity index (χ1v) is 7.73. The van der Waals surface area contributed by atoms with Crippen molar-refractivity contribution >= 4 is 11.4 Å². The van der Waals surface area contributed by atoms with Gasteiger partial charge in [0.25, 0.3) is 0 Å². The fraction of sp³-hybridized carbons (Fsp3) is 0.263. The van der Waals surface area contributed by atoms with E-state index in [9.17, 15) is 26.7 Å². The monoisotopic (exact) mass is 367 g/mol. The van der Waals surface area contributed by atoms with E-state index in [0.717, 1.165) is 12.1 Å². The molecule has 1 heterocycles. The van der Waals surface area contributed by atoms with Crippen LogP contribution in [0.15, 0.2) is 48.7 Å².